The Balaban J connectivity index is 1.22. The zero-order valence-corrected chi connectivity index (χ0v) is 19.8. The second-order valence-corrected chi connectivity index (χ2v) is 9.40. The van der Waals surface area contributed by atoms with Crippen LogP contribution in [0.4, 0.5) is 15.6 Å². The van der Waals surface area contributed by atoms with E-state index in [4.69, 9.17) is 4.98 Å². The van der Waals surface area contributed by atoms with Gasteiger partial charge in [0.2, 0.25) is 5.13 Å². The van der Waals surface area contributed by atoms with Gasteiger partial charge in [-0.1, -0.05) is 42.0 Å². The monoisotopic (exact) mass is 449 g/mol. The van der Waals surface area contributed by atoms with Crippen molar-refractivity contribution in [2.75, 3.05) is 29.9 Å². The molecule has 0 spiro atoms. The highest BCUT2D eigenvalue weighted by Crippen LogP contribution is 2.25. The quantitative estimate of drug-likeness (QED) is 0.550. The maximum absolute atomic E-state index is 12.3. The van der Waals surface area contributed by atoms with Crippen LogP contribution < -0.4 is 15.5 Å². The van der Waals surface area contributed by atoms with Crippen molar-refractivity contribution >= 4 is 28.4 Å². The van der Waals surface area contributed by atoms with Crippen LogP contribution in [-0.4, -0.2) is 35.0 Å². The van der Waals surface area contributed by atoms with E-state index in [9.17, 15) is 4.79 Å². The van der Waals surface area contributed by atoms with Gasteiger partial charge in [-0.25, -0.2) is 9.78 Å². The Hall–Kier alpha value is -2.93. The average Bonchev–Trinajstić information content (AvgIpc) is 3.26. The van der Waals surface area contributed by atoms with Crippen LogP contribution in [0.3, 0.4) is 0 Å². The molecular formula is C25H31N5OS. The number of carbonyl (C=O) groups excluding carboxylic acids is 1. The van der Waals surface area contributed by atoms with Gasteiger partial charge in [0.1, 0.15) is 5.82 Å². The van der Waals surface area contributed by atoms with Crippen LogP contribution in [0.2, 0.25) is 0 Å². The number of piperidine rings is 1. The number of hydrogen-bond acceptors (Lipinski definition) is 5. The van der Waals surface area contributed by atoms with Crippen molar-refractivity contribution < 1.29 is 4.79 Å². The van der Waals surface area contributed by atoms with E-state index < -0.39 is 0 Å². The Morgan fingerprint density at radius 1 is 1.09 bits per heavy atom. The van der Waals surface area contributed by atoms with Gasteiger partial charge < -0.3 is 15.5 Å². The lowest BCUT2D eigenvalue weighted by Gasteiger charge is -2.31. The van der Waals surface area contributed by atoms with Gasteiger partial charge in [-0.15, -0.1) is 0 Å². The summed E-state index contributed by atoms with van der Waals surface area (Å²) in [6.07, 6.45) is 2.85. The summed E-state index contributed by atoms with van der Waals surface area (Å²) < 4.78 is 4.56. The number of benzene rings is 2. The standard InChI is InChI=1S/C25H31N5OS/c1-17-7-9-20(10-8-17)15-23-28-25(32-29-23)30-13-11-21(12-14-30)16-26-24(31)27-22-6-4-5-18(2)19(22)3/h4-10,21H,11-16H2,1-3H3,(H2,26,27,31). The Bertz CT molecular complexity index is 1050. The number of hydrogen-bond donors (Lipinski definition) is 2. The lowest BCUT2D eigenvalue weighted by molar-refractivity contribution is 0.248. The summed E-state index contributed by atoms with van der Waals surface area (Å²) >= 11 is 1.49. The Kier molecular flexibility index (Phi) is 7.05. The molecule has 1 aliphatic heterocycles. The van der Waals surface area contributed by atoms with Gasteiger partial charge in [0, 0.05) is 43.3 Å². The maximum atomic E-state index is 12.3. The topological polar surface area (TPSA) is 70.2 Å². The molecule has 1 aromatic heterocycles. The van der Waals surface area contributed by atoms with E-state index in [0.29, 0.717) is 12.5 Å². The molecule has 3 aromatic rings. The lowest BCUT2D eigenvalue weighted by atomic mass is 9.97. The molecule has 0 unspecified atom stereocenters. The fraction of sp³-hybridized carbons (Fsp3) is 0.400. The Morgan fingerprint density at radius 2 is 1.84 bits per heavy atom. The van der Waals surface area contributed by atoms with Crippen molar-refractivity contribution in [2.24, 2.45) is 5.92 Å². The smallest absolute Gasteiger partial charge is 0.319 e. The predicted octanol–water partition coefficient (Wildman–Crippen LogP) is 5.09. The number of nitrogens with zero attached hydrogens (tertiary/aromatic N) is 3. The largest absolute Gasteiger partial charge is 0.347 e. The van der Waals surface area contributed by atoms with Crippen molar-refractivity contribution in [1.29, 1.82) is 0 Å². The molecule has 2 N–H and O–H groups in total. The minimum absolute atomic E-state index is 0.133. The van der Waals surface area contributed by atoms with Gasteiger partial charge in [0.05, 0.1) is 0 Å². The minimum atomic E-state index is -0.133. The Labute approximate surface area is 194 Å². The van der Waals surface area contributed by atoms with Crippen LogP contribution in [0.25, 0.3) is 0 Å². The van der Waals surface area contributed by atoms with Crippen LogP contribution in [0, 0.1) is 26.7 Å². The summed E-state index contributed by atoms with van der Waals surface area (Å²) in [6.45, 7) is 8.77. The van der Waals surface area contributed by atoms with Crippen molar-refractivity contribution in [3.8, 4) is 0 Å². The molecule has 0 saturated carbocycles. The summed E-state index contributed by atoms with van der Waals surface area (Å²) in [5.74, 6) is 1.37. The molecule has 2 amide bonds. The van der Waals surface area contributed by atoms with Crippen LogP contribution in [0.5, 0.6) is 0 Å². The molecule has 0 bridgehead atoms. The molecule has 168 valence electrons. The third-order valence-corrected chi connectivity index (χ3v) is 7.04. The second kappa shape index (κ2) is 10.1. The summed E-state index contributed by atoms with van der Waals surface area (Å²) in [5, 5.41) is 7.02. The van der Waals surface area contributed by atoms with E-state index in [1.807, 2.05) is 19.1 Å². The van der Waals surface area contributed by atoms with Crippen LogP contribution >= 0.6 is 11.5 Å². The molecule has 2 aromatic carbocycles. The third-order valence-electron chi connectivity index (χ3n) is 6.23. The van der Waals surface area contributed by atoms with Gasteiger partial charge in [-0.3, -0.25) is 0 Å². The zero-order valence-electron chi connectivity index (χ0n) is 19.0. The van der Waals surface area contributed by atoms with Crippen LogP contribution in [0.15, 0.2) is 42.5 Å². The van der Waals surface area contributed by atoms with E-state index in [1.165, 1.54) is 28.2 Å². The van der Waals surface area contributed by atoms with Gasteiger partial charge >= 0.3 is 6.03 Å². The fourth-order valence-corrected chi connectivity index (χ4v) is 4.69. The molecule has 2 heterocycles. The molecule has 4 rings (SSSR count). The molecule has 6 nitrogen and oxygen atoms in total. The Morgan fingerprint density at radius 3 is 2.59 bits per heavy atom. The first-order valence-electron chi connectivity index (χ1n) is 11.2. The highest BCUT2D eigenvalue weighted by atomic mass is 32.1. The molecule has 7 heteroatoms. The first-order chi connectivity index (χ1) is 15.5. The number of aryl methyl sites for hydroxylation is 2. The van der Waals surface area contributed by atoms with Gasteiger partial charge in [-0.05, 0) is 62.3 Å². The molecule has 0 atom stereocenters. The van der Waals surface area contributed by atoms with Crippen LogP contribution in [0.1, 0.15) is 40.9 Å². The lowest BCUT2D eigenvalue weighted by Crippen LogP contribution is -2.39. The second-order valence-electron chi connectivity index (χ2n) is 8.67. The van der Waals surface area contributed by atoms with Gasteiger partial charge in [0.15, 0.2) is 0 Å². The number of anilines is 2. The number of carbonyl (C=O) groups is 1. The van der Waals surface area contributed by atoms with E-state index in [2.05, 4.69) is 64.1 Å². The molecule has 1 saturated heterocycles. The number of urea groups is 1. The SMILES string of the molecule is Cc1ccc(Cc2nsc(N3CCC(CNC(=O)Nc4cccc(C)c4C)CC3)n2)cc1. The number of rotatable bonds is 6. The number of nitrogens with one attached hydrogen (secondary N) is 2. The summed E-state index contributed by atoms with van der Waals surface area (Å²) in [4.78, 5) is 19.4. The maximum Gasteiger partial charge on any atom is 0.319 e. The fourth-order valence-electron chi connectivity index (χ4n) is 3.95. The highest BCUT2D eigenvalue weighted by Gasteiger charge is 2.22. The predicted molar refractivity (Wildman–Crippen MR) is 132 cm³/mol. The molecular weight excluding hydrogens is 418 g/mol. The van der Waals surface area contributed by atoms with Crippen LogP contribution in [-0.2, 0) is 6.42 Å². The minimum Gasteiger partial charge on any atom is -0.347 e. The summed E-state index contributed by atoms with van der Waals surface area (Å²) in [6, 6.07) is 14.4. The summed E-state index contributed by atoms with van der Waals surface area (Å²) in [7, 11) is 0. The van der Waals surface area contributed by atoms with Gasteiger partial charge in [-0.2, -0.15) is 4.37 Å². The van der Waals surface area contributed by atoms with E-state index in [0.717, 1.165) is 54.6 Å². The molecule has 1 fully saturated rings. The van der Waals surface area contributed by atoms with Gasteiger partial charge in [0.25, 0.3) is 0 Å². The van der Waals surface area contributed by atoms with E-state index in [-0.39, 0.29) is 6.03 Å². The molecule has 0 aliphatic carbocycles. The molecule has 32 heavy (non-hydrogen) atoms. The number of amides is 2. The van der Waals surface area contributed by atoms with Crippen molar-refractivity contribution in [3.05, 3.63) is 70.5 Å². The van der Waals surface area contributed by atoms with Crippen molar-refractivity contribution in [2.45, 2.75) is 40.0 Å². The number of aromatic nitrogens is 2. The zero-order chi connectivity index (χ0) is 22.5. The normalized spacial score (nSPS) is 14.4. The molecule has 1 aliphatic rings. The highest BCUT2D eigenvalue weighted by molar-refractivity contribution is 7.09. The molecule has 0 radical (unpaired) electrons. The van der Waals surface area contributed by atoms with E-state index in [1.54, 1.807) is 0 Å². The first kappa shape index (κ1) is 22.3. The van der Waals surface area contributed by atoms with Crippen molar-refractivity contribution in [3.63, 3.8) is 0 Å². The average molecular weight is 450 g/mol. The summed E-state index contributed by atoms with van der Waals surface area (Å²) in [5.41, 5.74) is 5.66. The van der Waals surface area contributed by atoms with Crippen molar-refractivity contribution in [1.82, 2.24) is 14.7 Å². The third kappa shape index (κ3) is 5.65. The van der Waals surface area contributed by atoms with E-state index >= 15 is 0 Å². The first-order valence-corrected chi connectivity index (χ1v) is 12.0.